The van der Waals surface area contributed by atoms with Crippen molar-refractivity contribution < 1.29 is 10.2 Å². The third-order valence-corrected chi connectivity index (χ3v) is 3.84. The van der Waals surface area contributed by atoms with Gasteiger partial charge in [-0.2, -0.15) is 0 Å². The summed E-state index contributed by atoms with van der Waals surface area (Å²) >= 11 is 0. The van der Waals surface area contributed by atoms with Gasteiger partial charge in [0.05, 0.1) is 0 Å². The minimum Gasteiger partial charge on any atom is -0.508 e. The van der Waals surface area contributed by atoms with Crippen LogP contribution in [-0.4, -0.2) is 16.3 Å². The van der Waals surface area contributed by atoms with Crippen LogP contribution in [0.2, 0.25) is 0 Å². The molecular weight excluding hydrogens is 262 g/mol. The number of aromatic hydroxyl groups is 2. The zero-order valence-corrected chi connectivity index (χ0v) is 12.9. The molecule has 112 valence electrons. The molecule has 0 aliphatic rings. The summed E-state index contributed by atoms with van der Waals surface area (Å²) in [6.45, 7) is 5.97. The molecule has 0 saturated carbocycles. The smallest absolute Gasteiger partial charge is 0.123 e. The minimum atomic E-state index is 0.302. The Morgan fingerprint density at radius 1 is 1.00 bits per heavy atom. The van der Waals surface area contributed by atoms with E-state index in [2.05, 4.69) is 12.2 Å². The van der Waals surface area contributed by atoms with Crippen molar-refractivity contribution in [2.45, 2.75) is 39.7 Å². The van der Waals surface area contributed by atoms with E-state index in [0.717, 1.165) is 29.7 Å². The van der Waals surface area contributed by atoms with E-state index in [1.807, 2.05) is 38.1 Å². The molecule has 0 amide bonds. The Morgan fingerprint density at radius 2 is 1.67 bits per heavy atom. The molecule has 0 aliphatic carbocycles. The fraction of sp³-hybridized carbons (Fsp3) is 0.333. The first-order chi connectivity index (χ1) is 9.97. The lowest BCUT2D eigenvalue weighted by molar-refractivity contribution is 0.467. The molecule has 0 heterocycles. The molecule has 3 nitrogen and oxygen atoms in total. The Bertz CT molecular complexity index is 605. The van der Waals surface area contributed by atoms with Crippen molar-refractivity contribution in [3.8, 4) is 11.5 Å². The standard InChI is InChI=1S/C18H23NO2/c1-12-4-11-17(14(3)18(12)21)19-13(2)5-6-15-7-9-16(20)10-8-15/h4,7-11,13,19-21H,5-6H2,1-3H3. The highest BCUT2D eigenvalue weighted by atomic mass is 16.3. The third-order valence-electron chi connectivity index (χ3n) is 3.84. The van der Waals surface area contributed by atoms with Crippen molar-refractivity contribution in [3.05, 3.63) is 53.1 Å². The first-order valence-electron chi connectivity index (χ1n) is 7.31. The molecule has 0 spiro atoms. The molecule has 0 bridgehead atoms. The van der Waals surface area contributed by atoms with Crippen molar-refractivity contribution >= 4 is 5.69 Å². The van der Waals surface area contributed by atoms with Crippen LogP contribution in [0.15, 0.2) is 36.4 Å². The average Bonchev–Trinajstić information content (AvgIpc) is 2.47. The maximum absolute atomic E-state index is 9.97. The van der Waals surface area contributed by atoms with Crippen LogP contribution in [0.1, 0.15) is 30.0 Å². The van der Waals surface area contributed by atoms with Crippen molar-refractivity contribution in [2.24, 2.45) is 0 Å². The lowest BCUT2D eigenvalue weighted by Gasteiger charge is -2.18. The summed E-state index contributed by atoms with van der Waals surface area (Å²) in [5.41, 5.74) is 3.99. The quantitative estimate of drug-likeness (QED) is 0.773. The normalized spacial score (nSPS) is 12.1. The average molecular weight is 285 g/mol. The van der Waals surface area contributed by atoms with Gasteiger partial charge in [-0.1, -0.05) is 18.2 Å². The number of benzene rings is 2. The number of hydrogen-bond donors (Lipinski definition) is 3. The van der Waals surface area contributed by atoms with Gasteiger partial charge in [-0.3, -0.25) is 0 Å². The number of rotatable bonds is 5. The number of hydrogen-bond acceptors (Lipinski definition) is 3. The number of aryl methyl sites for hydroxylation is 2. The molecule has 1 atom stereocenters. The van der Waals surface area contributed by atoms with Crippen molar-refractivity contribution in [1.29, 1.82) is 0 Å². The highest BCUT2D eigenvalue weighted by Gasteiger charge is 2.09. The van der Waals surface area contributed by atoms with Crippen molar-refractivity contribution in [2.75, 3.05) is 5.32 Å². The second kappa shape index (κ2) is 6.53. The van der Waals surface area contributed by atoms with E-state index in [1.165, 1.54) is 5.56 Å². The van der Waals surface area contributed by atoms with Crippen molar-refractivity contribution in [3.63, 3.8) is 0 Å². The lowest BCUT2D eigenvalue weighted by atomic mass is 10.0. The Morgan fingerprint density at radius 3 is 2.33 bits per heavy atom. The van der Waals surface area contributed by atoms with Gasteiger partial charge < -0.3 is 15.5 Å². The maximum atomic E-state index is 9.97. The molecule has 0 fully saturated rings. The fourth-order valence-corrected chi connectivity index (χ4v) is 2.38. The molecule has 3 heteroatoms. The summed E-state index contributed by atoms with van der Waals surface area (Å²) in [7, 11) is 0. The number of anilines is 1. The maximum Gasteiger partial charge on any atom is 0.123 e. The van der Waals surface area contributed by atoms with Crippen LogP contribution in [-0.2, 0) is 6.42 Å². The van der Waals surface area contributed by atoms with E-state index in [1.54, 1.807) is 12.1 Å². The molecule has 0 aromatic heterocycles. The molecule has 0 aliphatic heterocycles. The molecule has 0 saturated heterocycles. The highest BCUT2D eigenvalue weighted by molar-refractivity contribution is 5.59. The molecule has 0 radical (unpaired) electrons. The summed E-state index contributed by atoms with van der Waals surface area (Å²) in [4.78, 5) is 0. The van der Waals surface area contributed by atoms with Crippen LogP contribution in [0.3, 0.4) is 0 Å². The largest absolute Gasteiger partial charge is 0.508 e. The van der Waals surface area contributed by atoms with Crippen LogP contribution in [0, 0.1) is 13.8 Å². The second-order valence-corrected chi connectivity index (χ2v) is 5.65. The van der Waals surface area contributed by atoms with Gasteiger partial charge in [-0.05, 0) is 62.9 Å². The molecule has 1 unspecified atom stereocenters. The third kappa shape index (κ3) is 3.91. The van der Waals surface area contributed by atoms with Gasteiger partial charge >= 0.3 is 0 Å². The Hall–Kier alpha value is -2.16. The molecule has 2 rings (SSSR count). The van der Waals surface area contributed by atoms with E-state index in [4.69, 9.17) is 0 Å². The number of phenols is 2. The Balaban J connectivity index is 1.94. The van der Waals surface area contributed by atoms with Crippen LogP contribution in [0.4, 0.5) is 5.69 Å². The van der Waals surface area contributed by atoms with Gasteiger partial charge in [0.2, 0.25) is 0 Å². The van der Waals surface area contributed by atoms with Gasteiger partial charge in [0, 0.05) is 17.3 Å². The molecule has 2 aromatic carbocycles. The van der Waals surface area contributed by atoms with E-state index in [-0.39, 0.29) is 0 Å². The summed E-state index contributed by atoms with van der Waals surface area (Å²) in [5, 5.41) is 22.7. The zero-order chi connectivity index (χ0) is 15.4. The monoisotopic (exact) mass is 285 g/mol. The Kier molecular flexibility index (Phi) is 4.73. The van der Waals surface area contributed by atoms with Crippen LogP contribution < -0.4 is 5.32 Å². The number of phenolic OH excluding ortho intramolecular Hbond substituents is 2. The van der Waals surface area contributed by atoms with Gasteiger partial charge in [0.1, 0.15) is 11.5 Å². The summed E-state index contributed by atoms with van der Waals surface area (Å²) in [5.74, 6) is 0.668. The van der Waals surface area contributed by atoms with E-state index in [9.17, 15) is 10.2 Å². The molecule has 21 heavy (non-hydrogen) atoms. The molecule has 2 aromatic rings. The van der Waals surface area contributed by atoms with Crippen LogP contribution in [0.5, 0.6) is 11.5 Å². The van der Waals surface area contributed by atoms with Crippen molar-refractivity contribution in [1.82, 2.24) is 0 Å². The van der Waals surface area contributed by atoms with Crippen LogP contribution >= 0.6 is 0 Å². The topological polar surface area (TPSA) is 52.5 Å². The number of nitrogens with one attached hydrogen (secondary N) is 1. The minimum absolute atomic E-state index is 0.302. The first-order valence-corrected chi connectivity index (χ1v) is 7.31. The Labute approximate surface area is 126 Å². The summed E-state index contributed by atoms with van der Waals surface area (Å²) < 4.78 is 0. The fourth-order valence-electron chi connectivity index (χ4n) is 2.38. The van der Waals surface area contributed by atoms with Gasteiger partial charge in [0.15, 0.2) is 0 Å². The second-order valence-electron chi connectivity index (χ2n) is 5.65. The summed E-state index contributed by atoms with van der Waals surface area (Å²) in [6, 6.07) is 11.6. The molecule has 3 N–H and O–H groups in total. The lowest BCUT2D eigenvalue weighted by Crippen LogP contribution is -2.16. The zero-order valence-electron chi connectivity index (χ0n) is 12.9. The summed E-state index contributed by atoms with van der Waals surface area (Å²) in [6.07, 6.45) is 1.93. The first kappa shape index (κ1) is 15.2. The van der Waals surface area contributed by atoms with Crippen LogP contribution in [0.25, 0.3) is 0 Å². The SMILES string of the molecule is Cc1ccc(NC(C)CCc2ccc(O)cc2)c(C)c1O. The van der Waals surface area contributed by atoms with E-state index >= 15 is 0 Å². The van der Waals surface area contributed by atoms with Gasteiger partial charge in [-0.15, -0.1) is 0 Å². The van der Waals surface area contributed by atoms with Gasteiger partial charge in [-0.25, -0.2) is 0 Å². The predicted molar refractivity (Wildman–Crippen MR) is 87.1 cm³/mol. The molecular formula is C18H23NO2. The predicted octanol–water partition coefficient (Wildman–Crippen LogP) is 4.15. The van der Waals surface area contributed by atoms with E-state index < -0.39 is 0 Å². The highest BCUT2D eigenvalue weighted by Crippen LogP contribution is 2.28. The van der Waals surface area contributed by atoms with Gasteiger partial charge in [0.25, 0.3) is 0 Å². The van der Waals surface area contributed by atoms with E-state index in [0.29, 0.717) is 17.5 Å².